The number of rotatable bonds is 3. The first-order valence-electron chi connectivity index (χ1n) is 6.70. The Kier molecular flexibility index (Phi) is 4.45. The Morgan fingerprint density at radius 2 is 1.90 bits per heavy atom. The van der Waals surface area contributed by atoms with Gasteiger partial charge in [0.1, 0.15) is 0 Å². The summed E-state index contributed by atoms with van der Waals surface area (Å²) in [5.74, 6) is -0.0442. The third kappa shape index (κ3) is 3.80. The number of benzene rings is 1. The smallest absolute Gasteiger partial charge is 0.228 e. The van der Waals surface area contributed by atoms with Crippen molar-refractivity contribution in [1.29, 1.82) is 0 Å². The van der Waals surface area contributed by atoms with E-state index in [-0.39, 0.29) is 16.7 Å². The number of carbonyl (C=O) groups is 1. The second-order valence-corrected chi connectivity index (χ2v) is 7.39. The minimum atomic E-state index is -3.20. The first-order valence-corrected chi connectivity index (χ1v) is 8.60. The lowest BCUT2D eigenvalue weighted by molar-refractivity contribution is -0.120. The minimum absolute atomic E-state index is 0.0171. The third-order valence-corrected chi connectivity index (χ3v) is 4.71. The van der Waals surface area contributed by atoms with Gasteiger partial charge in [-0.3, -0.25) is 4.79 Å². The van der Waals surface area contributed by atoms with Gasteiger partial charge in [0.05, 0.1) is 10.8 Å². The molecule has 20 heavy (non-hydrogen) atoms. The number of nitrogens with one attached hydrogen (secondary N) is 2. The zero-order valence-electron chi connectivity index (χ0n) is 11.7. The minimum Gasteiger partial charge on any atom is -0.326 e. The molecule has 0 spiro atoms. The van der Waals surface area contributed by atoms with Gasteiger partial charge >= 0.3 is 0 Å². The molecule has 1 amide bonds. The summed E-state index contributed by atoms with van der Waals surface area (Å²) in [6, 6.07) is 6.71. The van der Waals surface area contributed by atoms with Crippen LogP contribution in [-0.4, -0.2) is 33.2 Å². The molecule has 0 aromatic heterocycles. The van der Waals surface area contributed by atoms with Crippen LogP contribution in [0.3, 0.4) is 0 Å². The van der Waals surface area contributed by atoms with E-state index in [1.54, 1.807) is 12.1 Å². The highest BCUT2D eigenvalue weighted by atomic mass is 32.2. The fourth-order valence-corrected chi connectivity index (χ4v) is 2.88. The molecule has 1 heterocycles. The van der Waals surface area contributed by atoms with Gasteiger partial charge in [-0.25, -0.2) is 8.42 Å². The lowest BCUT2D eigenvalue weighted by atomic mass is 9.95. The normalized spacial score (nSPS) is 23.3. The van der Waals surface area contributed by atoms with Crippen LogP contribution in [0, 0.1) is 5.92 Å². The van der Waals surface area contributed by atoms with Crippen LogP contribution in [0.5, 0.6) is 0 Å². The fourth-order valence-electron chi connectivity index (χ4n) is 2.25. The van der Waals surface area contributed by atoms with Crippen molar-refractivity contribution in [2.75, 3.05) is 18.1 Å². The van der Waals surface area contributed by atoms with Crippen LogP contribution in [0.4, 0.5) is 5.69 Å². The number of carbonyl (C=O) groups excluding carboxylic acids is 1. The fraction of sp³-hybridized carbons (Fsp3) is 0.500. The van der Waals surface area contributed by atoms with Crippen molar-refractivity contribution in [2.45, 2.75) is 30.7 Å². The SMILES string of the molecule is CC1CCC(C(=O)Nc2ccc(S(C)(=O)=O)cc2)CN1. The van der Waals surface area contributed by atoms with E-state index in [1.165, 1.54) is 12.1 Å². The van der Waals surface area contributed by atoms with Crippen molar-refractivity contribution >= 4 is 21.4 Å². The van der Waals surface area contributed by atoms with Crippen LogP contribution >= 0.6 is 0 Å². The van der Waals surface area contributed by atoms with Crippen molar-refractivity contribution in [3.63, 3.8) is 0 Å². The molecule has 6 heteroatoms. The molecule has 2 unspecified atom stereocenters. The Morgan fingerprint density at radius 1 is 1.25 bits per heavy atom. The second kappa shape index (κ2) is 5.93. The highest BCUT2D eigenvalue weighted by Gasteiger charge is 2.23. The average Bonchev–Trinajstić information content (AvgIpc) is 2.39. The highest BCUT2D eigenvalue weighted by Crippen LogP contribution is 2.18. The van der Waals surface area contributed by atoms with Gasteiger partial charge in [0.2, 0.25) is 5.91 Å². The molecule has 2 N–H and O–H groups in total. The van der Waals surface area contributed by atoms with E-state index in [9.17, 15) is 13.2 Å². The molecule has 2 rings (SSSR count). The average molecular weight is 296 g/mol. The van der Waals surface area contributed by atoms with Crippen molar-refractivity contribution in [2.24, 2.45) is 5.92 Å². The van der Waals surface area contributed by atoms with Crippen molar-refractivity contribution in [3.8, 4) is 0 Å². The lowest BCUT2D eigenvalue weighted by Gasteiger charge is -2.26. The molecule has 0 saturated carbocycles. The van der Waals surface area contributed by atoms with Crippen molar-refractivity contribution in [1.82, 2.24) is 5.32 Å². The molecular formula is C14H20N2O3S. The number of amides is 1. The van der Waals surface area contributed by atoms with Gasteiger partial charge in [-0.1, -0.05) is 0 Å². The number of piperidine rings is 1. The maximum atomic E-state index is 12.1. The summed E-state index contributed by atoms with van der Waals surface area (Å²) >= 11 is 0. The predicted octanol–water partition coefficient (Wildman–Crippen LogP) is 1.42. The maximum absolute atomic E-state index is 12.1. The van der Waals surface area contributed by atoms with Crippen LogP contribution in [0.25, 0.3) is 0 Å². The number of hydrogen-bond acceptors (Lipinski definition) is 4. The topological polar surface area (TPSA) is 75.3 Å². The van der Waals surface area contributed by atoms with E-state index in [0.717, 1.165) is 19.1 Å². The van der Waals surface area contributed by atoms with E-state index in [0.29, 0.717) is 18.3 Å². The summed E-state index contributed by atoms with van der Waals surface area (Å²) in [7, 11) is -3.20. The van der Waals surface area contributed by atoms with Gasteiger partial charge in [-0.2, -0.15) is 0 Å². The summed E-state index contributed by atoms with van der Waals surface area (Å²) in [4.78, 5) is 12.3. The Hall–Kier alpha value is -1.40. The summed E-state index contributed by atoms with van der Waals surface area (Å²) in [5.41, 5.74) is 0.626. The highest BCUT2D eigenvalue weighted by molar-refractivity contribution is 7.90. The molecule has 2 atom stereocenters. The van der Waals surface area contributed by atoms with Crippen LogP contribution in [-0.2, 0) is 14.6 Å². The Balaban J connectivity index is 1.98. The number of sulfone groups is 1. The molecule has 0 radical (unpaired) electrons. The van der Waals surface area contributed by atoms with Crippen LogP contribution in [0.1, 0.15) is 19.8 Å². The number of hydrogen-bond donors (Lipinski definition) is 2. The molecule has 1 fully saturated rings. The zero-order valence-corrected chi connectivity index (χ0v) is 12.5. The van der Waals surface area contributed by atoms with Crippen LogP contribution in [0.15, 0.2) is 29.2 Å². The molecule has 1 aromatic carbocycles. The largest absolute Gasteiger partial charge is 0.326 e. The lowest BCUT2D eigenvalue weighted by Crippen LogP contribution is -2.41. The van der Waals surface area contributed by atoms with E-state index in [1.807, 2.05) is 0 Å². The maximum Gasteiger partial charge on any atom is 0.228 e. The molecule has 1 aliphatic rings. The monoisotopic (exact) mass is 296 g/mol. The first-order chi connectivity index (χ1) is 9.36. The summed E-state index contributed by atoms with van der Waals surface area (Å²) in [6.07, 6.45) is 3.03. The van der Waals surface area contributed by atoms with Gasteiger partial charge in [0.15, 0.2) is 9.84 Å². The Labute approximate surface area is 119 Å². The molecule has 1 saturated heterocycles. The summed E-state index contributed by atoms with van der Waals surface area (Å²) in [6.45, 7) is 2.80. The Morgan fingerprint density at radius 3 is 2.40 bits per heavy atom. The van der Waals surface area contributed by atoms with Crippen LogP contribution in [0.2, 0.25) is 0 Å². The molecule has 0 aliphatic carbocycles. The van der Waals surface area contributed by atoms with Gasteiger partial charge in [-0.05, 0) is 44.0 Å². The molecule has 5 nitrogen and oxygen atoms in total. The molecule has 1 aromatic rings. The summed E-state index contributed by atoms with van der Waals surface area (Å²) < 4.78 is 22.7. The van der Waals surface area contributed by atoms with Crippen molar-refractivity contribution in [3.05, 3.63) is 24.3 Å². The second-order valence-electron chi connectivity index (χ2n) is 5.37. The van der Waals surface area contributed by atoms with Gasteiger partial charge in [0.25, 0.3) is 0 Å². The standard InChI is InChI=1S/C14H20N2O3S/c1-10-3-4-11(9-15-10)14(17)16-12-5-7-13(8-6-12)20(2,18)19/h5-8,10-11,15H,3-4,9H2,1-2H3,(H,16,17). The van der Waals surface area contributed by atoms with E-state index >= 15 is 0 Å². The van der Waals surface area contributed by atoms with E-state index < -0.39 is 9.84 Å². The zero-order chi connectivity index (χ0) is 14.8. The summed E-state index contributed by atoms with van der Waals surface area (Å²) in [5, 5.41) is 6.12. The molecular weight excluding hydrogens is 276 g/mol. The molecule has 0 bridgehead atoms. The predicted molar refractivity (Wildman–Crippen MR) is 78.4 cm³/mol. The quantitative estimate of drug-likeness (QED) is 0.884. The number of anilines is 1. The molecule has 1 aliphatic heterocycles. The third-order valence-electron chi connectivity index (χ3n) is 3.58. The molecule has 110 valence electrons. The van der Waals surface area contributed by atoms with E-state index in [4.69, 9.17) is 0 Å². The van der Waals surface area contributed by atoms with E-state index in [2.05, 4.69) is 17.6 Å². The van der Waals surface area contributed by atoms with Gasteiger partial charge < -0.3 is 10.6 Å². The van der Waals surface area contributed by atoms with Gasteiger partial charge in [0, 0.05) is 24.5 Å². The van der Waals surface area contributed by atoms with Crippen LogP contribution < -0.4 is 10.6 Å². The van der Waals surface area contributed by atoms with Gasteiger partial charge in [-0.15, -0.1) is 0 Å². The Bertz CT molecular complexity index is 573. The first kappa shape index (κ1) is 15.0. The van der Waals surface area contributed by atoms with Crippen molar-refractivity contribution < 1.29 is 13.2 Å².